The molecular formula is C21H24N2O4. The van der Waals surface area contributed by atoms with E-state index >= 15 is 0 Å². The number of carbonyl (C=O) groups is 3. The summed E-state index contributed by atoms with van der Waals surface area (Å²) in [5.74, 6) is -0.994. The average molecular weight is 368 g/mol. The Morgan fingerprint density at radius 2 is 1.89 bits per heavy atom. The Balaban J connectivity index is 1.77. The van der Waals surface area contributed by atoms with Gasteiger partial charge in [-0.15, -0.1) is 0 Å². The molecular weight excluding hydrogens is 344 g/mol. The summed E-state index contributed by atoms with van der Waals surface area (Å²) in [6.45, 7) is 7.07. The number of anilines is 1. The highest BCUT2D eigenvalue weighted by atomic mass is 16.5. The molecule has 1 aliphatic rings. The Morgan fingerprint density at radius 1 is 1.19 bits per heavy atom. The molecule has 27 heavy (non-hydrogen) atoms. The monoisotopic (exact) mass is 368 g/mol. The maximum absolute atomic E-state index is 12.9. The van der Waals surface area contributed by atoms with Crippen molar-refractivity contribution in [1.82, 2.24) is 4.98 Å². The molecule has 0 spiro atoms. The van der Waals surface area contributed by atoms with Gasteiger partial charge in [0, 0.05) is 23.5 Å². The van der Waals surface area contributed by atoms with Crippen LogP contribution in [-0.2, 0) is 16.0 Å². The second kappa shape index (κ2) is 7.39. The number of carbonyl (C=O) groups excluding carboxylic acids is 3. The summed E-state index contributed by atoms with van der Waals surface area (Å²) >= 11 is 0. The largest absolute Gasteiger partial charge is 0.448 e. The molecule has 3 rings (SSSR count). The van der Waals surface area contributed by atoms with E-state index in [-0.39, 0.29) is 17.4 Å². The fourth-order valence-electron chi connectivity index (χ4n) is 3.73. The van der Waals surface area contributed by atoms with Crippen LogP contribution >= 0.6 is 0 Å². The lowest BCUT2D eigenvalue weighted by Crippen LogP contribution is -2.42. The number of rotatable bonds is 4. The summed E-state index contributed by atoms with van der Waals surface area (Å²) in [5.41, 5.74) is 3.88. The van der Waals surface area contributed by atoms with Gasteiger partial charge < -0.3 is 14.6 Å². The van der Waals surface area contributed by atoms with Crippen molar-refractivity contribution in [3.8, 4) is 0 Å². The van der Waals surface area contributed by atoms with E-state index in [1.54, 1.807) is 25.7 Å². The number of fused-ring (bicyclic) bond motifs is 1. The topological polar surface area (TPSA) is 79.5 Å². The van der Waals surface area contributed by atoms with Crippen molar-refractivity contribution in [1.29, 1.82) is 0 Å². The summed E-state index contributed by atoms with van der Waals surface area (Å²) in [6, 6.07) is 7.78. The highest BCUT2D eigenvalue weighted by Gasteiger charge is 2.30. The van der Waals surface area contributed by atoms with Gasteiger partial charge >= 0.3 is 5.97 Å². The molecule has 1 aliphatic heterocycles. The van der Waals surface area contributed by atoms with Crippen molar-refractivity contribution in [2.45, 2.75) is 46.6 Å². The van der Waals surface area contributed by atoms with Crippen molar-refractivity contribution >= 4 is 23.3 Å². The molecule has 0 saturated carbocycles. The Labute approximate surface area is 158 Å². The van der Waals surface area contributed by atoms with Crippen LogP contribution in [0.2, 0.25) is 0 Å². The molecule has 1 N–H and O–H groups in total. The zero-order valence-electron chi connectivity index (χ0n) is 16.1. The van der Waals surface area contributed by atoms with Crippen LogP contribution in [0.25, 0.3) is 0 Å². The number of aryl methyl sites for hydroxylation is 2. The first kappa shape index (κ1) is 18.9. The zero-order valence-corrected chi connectivity index (χ0v) is 16.1. The van der Waals surface area contributed by atoms with Gasteiger partial charge in [-0.1, -0.05) is 18.2 Å². The first-order valence-electron chi connectivity index (χ1n) is 9.11. The number of esters is 1. The number of aromatic amines is 1. The van der Waals surface area contributed by atoms with E-state index in [0.29, 0.717) is 23.4 Å². The third kappa shape index (κ3) is 3.52. The van der Waals surface area contributed by atoms with Crippen molar-refractivity contribution < 1.29 is 19.1 Å². The summed E-state index contributed by atoms with van der Waals surface area (Å²) < 4.78 is 5.42. The summed E-state index contributed by atoms with van der Waals surface area (Å²) in [7, 11) is 0. The molecule has 142 valence electrons. The molecule has 1 unspecified atom stereocenters. The molecule has 0 aliphatic carbocycles. The number of benzene rings is 1. The molecule has 0 radical (unpaired) electrons. The standard InChI is InChI=1S/C21H24N2O4/c1-12-18(14(3)24)13(2)22-19(12)21(26)27-15(4)20(25)23-11-7-9-16-8-5-6-10-17(16)23/h5-6,8,10,15,22H,7,9,11H2,1-4H3. The number of hydrogen-bond donors (Lipinski definition) is 1. The summed E-state index contributed by atoms with van der Waals surface area (Å²) in [4.78, 5) is 41.8. The fourth-order valence-corrected chi connectivity index (χ4v) is 3.73. The lowest BCUT2D eigenvalue weighted by Gasteiger charge is -2.31. The molecule has 1 atom stereocenters. The van der Waals surface area contributed by atoms with E-state index in [4.69, 9.17) is 4.74 Å². The third-order valence-electron chi connectivity index (χ3n) is 5.00. The van der Waals surface area contributed by atoms with Gasteiger partial charge in [0.15, 0.2) is 11.9 Å². The number of ether oxygens (including phenoxy) is 1. The molecule has 0 fully saturated rings. The van der Waals surface area contributed by atoms with E-state index in [9.17, 15) is 14.4 Å². The van der Waals surface area contributed by atoms with E-state index in [1.807, 2.05) is 24.3 Å². The Morgan fingerprint density at radius 3 is 2.56 bits per heavy atom. The summed E-state index contributed by atoms with van der Waals surface area (Å²) in [5, 5.41) is 0. The number of para-hydroxylation sites is 1. The van der Waals surface area contributed by atoms with Crippen LogP contribution < -0.4 is 4.90 Å². The molecule has 1 amide bonds. The number of H-pyrrole nitrogens is 1. The second-order valence-electron chi connectivity index (χ2n) is 6.95. The van der Waals surface area contributed by atoms with Crippen LogP contribution in [0.3, 0.4) is 0 Å². The van der Waals surface area contributed by atoms with Crippen LogP contribution in [0.15, 0.2) is 24.3 Å². The van der Waals surface area contributed by atoms with Gasteiger partial charge in [0.05, 0.1) is 0 Å². The number of Topliss-reactive ketones (excluding diaryl/α,β-unsaturated/α-hetero) is 1. The van der Waals surface area contributed by atoms with Gasteiger partial charge in [-0.25, -0.2) is 4.79 Å². The van der Waals surface area contributed by atoms with Gasteiger partial charge in [-0.05, 0) is 57.7 Å². The number of nitrogens with zero attached hydrogens (tertiary/aromatic N) is 1. The van der Waals surface area contributed by atoms with Gasteiger partial charge in [0.25, 0.3) is 5.91 Å². The Hall–Kier alpha value is -2.89. The predicted molar refractivity (Wildman–Crippen MR) is 102 cm³/mol. The minimum atomic E-state index is -0.924. The van der Waals surface area contributed by atoms with E-state index in [2.05, 4.69) is 4.98 Å². The minimum Gasteiger partial charge on any atom is -0.448 e. The van der Waals surface area contributed by atoms with Crippen LogP contribution in [0.5, 0.6) is 0 Å². The van der Waals surface area contributed by atoms with Crippen LogP contribution in [0, 0.1) is 13.8 Å². The maximum atomic E-state index is 12.9. The lowest BCUT2D eigenvalue weighted by molar-refractivity contribution is -0.126. The average Bonchev–Trinajstić information content (AvgIpc) is 2.95. The normalized spacial score (nSPS) is 14.4. The fraction of sp³-hybridized carbons (Fsp3) is 0.381. The quantitative estimate of drug-likeness (QED) is 0.663. The summed E-state index contributed by atoms with van der Waals surface area (Å²) in [6.07, 6.45) is 0.885. The van der Waals surface area contributed by atoms with E-state index in [1.165, 1.54) is 6.92 Å². The van der Waals surface area contributed by atoms with Gasteiger partial charge in [0.2, 0.25) is 0 Å². The van der Waals surface area contributed by atoms with Crippen LogP contribution in [-0.4, -0.2) is 35.3 Å². The number of nitrogens with one attached hydrogen (secondary N) is 1. The zero-order chi connectivity index (χ0) is 19.7. The lowest BCUT2D eigenvalue weighted by atomic mass is 10.0. The molecule has 2 heterocycles. The first-order valence-corrected chi connectivity index (χ1v) is 9.11. The van der Waals surface area contributed by atoms with Crippen molar-refractivity contribution in [2.75, 3.05) is 11.4 Å². The second-order valence-corrected chi connectivity index (χ2v) is 6.95. The van der Waals surface area contributed by atoms with Crippen molar-refractivity contribution in [2.24, 2.45) is 0 Å². The Kier molecular flexibility index (Phi) is 5.17. The molecule has 6 nitrogen and oxygen atoms in total. The molecule has 2 aromatic rings. The van der Waals surface area contributed by atoms with Gasteiger partial charge in [0.1, 0.15) is 5.69 Å². The highest BCUT2D eigenvalue weighted by Crippen LogP contribution is 2.28. The maximum Gasteiger partial charge on any atom is 0.355 e. The van der Waals surface area contributed by atoms with Crippen LogP contribution in [0.4, 0.5) is 5.69 Å². The van der Waals surface area contributed by atoms with Crippen molar-refractivity contribution in [3.63, 3.8) is 0 Å². The van der Waals surface area contributed by atoms with E-state index in [0.717, 1.165) is 24.1 Å². The molecule has 0 saturated heterocycles. The number of amides is 1. The number of hydrogen-bond acceptors (Lipinski definition) is 4. The van der Waals surface area contributed by atoms with Crippen molar-refractivity contribution in [3.05, 3.63) is 52.3 Å². The van der Waals surface area contributed by atoms with E-state index < -0.39 is 12.1 Å². The Bertz CT molecular complexity index is 913. The molecule has 6 heteroatoms. The third-order valence-corrected chi connectivity index (χ3v) is 5.00. The van der Waals surface area contributed by atoms with Crippen LogP contribution in [0.1, 0.15) is 57.9 Å². The predicted octanol–water partition coefficient (Wildman–Crippen LogP) is 3.36. The molecule has 1 aromatic carbocycles. The van der Waals surface area contributed by atoms with Gasteiger partial charge in [-0.3, -0.25) is 9.59 Å². The first-order chi connectivity index (χ1) is 12.8. The number of ketones is 1. The SMILES string of the molecule is CC(=O)c1c(C)[nH]c(C(=O)OC(C)C(=O)N2CCCc3ccccc32)c1C. The number of aromatic nitrogens is 1. The molecule has 1 aromatic heterocycles. The molecule has 0 bridgehead atoms. The van der Waals surface area contributed by atoms with Gasteiger partial charge in [-0.2, -0.15) is 0 Å². The highest BCUT2D eigenvalue weighted by molar-refractivity contribution is 6.02. The smallest absolute Gasteiger partial charge is 0.355 e. The minimum absolute atomic E-state index is 0.116.